The first kappa shape index (κ1) is 26.1. The van der Waals surface area contributed by atoms with Crippen LogP contribution in [0.3, 0.4) is 0 Å². The highest BCUT2D eigenvalue weighted by molar-refractivity contribution is 5.81. The molecule has 7 heteroatoms. The maximum atomic E-state index is 13.8. The van der Waals surface area contributed by atoms with Crippen molar-refractivity contribution in [2.75, 3.05) is 39.4 Å². The second-order valence-electron chi connectivity index (χ2n) is 6.47. The molecule has 0 unspecified atom stereocenters. The van der Waals surface area contributed by atoms with Gasteiger partial charge in [0, 0.05) is 31.7 Å². The average molecular weight is 435 g/mol. The lowest BCUT2D eigenvalue weighted by Crippen LogP contribution is -2.47. The molecule has 5 nitrogen and oxygen atoms in total. The molecule has 0 aromatic heterocycles. The first-order valence-electron chi connectivity index (χ1n) is 10.3. The van der Waals surface area contributed by atoms with E-state index in [1.165, 1.54) is 12.1 Å². The molecule has 2 amide bonds. The summed E-state index contributed by atoms with van der Waals surface area (Å²) in [7, 11) is 0. The number of amides is 2. The van der Waals surface area contributed by atoms with E-state index in [1.54, 1.807) is 28.0 Å². The van der Waals surface area contributed by atoms with Crippen LogP contribution in [-0.4, -0.2) is 60.3 Å². The van der Waals surface area contributed by atoms with E-state index in [9.17, 15) is 13.6 Å². The van der Waals surface area contributed by atoms with Crippen LogP contribution >= 0.6 is 0 Å². The summed E-state index contributed by atoms with van der Waals surface area (Å²) in [6.07, 6.45) is 7.21. The molecule has 2 aliphatic heterocycles. The lowest BCUT2D eigenvalue weighted by molar-refractivity contribution is 0.0456. The van der Waals surface area contributed by atoms with Crippen LogP contribution in [0, 0.1) is 11.6 Å². The number of aliphatic hydroxyl groups is 1. The van der Waals surface area contributed by atoms with Gasteiger partial charge in [0.2, 0.25) is 0 Å². The van der Waals surface area contributed by atoms with Crippen molar-refractivity contribution in [2.24, 2.45) is 0 Å². The van der Waals surface area contributed by atoms with E-state index < -0.39 is 11.6 Å². The molecule has 170 valence electrons. The fourth-order valence-corrected chi connectivity index (χ4v) is 2.88. The van der Waals surface area contributed by atoms with Gasteiger partial charge in [0.15, 0.2) is 0 Å². The van der Waals surface area contributed by atoms with Gasteiger partial charge in [0.1, 0.15) is 17.4 Å². The van der Waals surface area contributed by atoms with E-state index in [1.807, 2.05) is 13.8 Å². The maximum absolute atomic E-state index is 13.8. The van der Waals surface area contributed by atoms with Crippen molar-refractivity contribution in [3.63, 3.8) is 0 Å². The summed E-state index contributed by atoms with van der Waals surface area (Å²) in [5, 5.41) is 8.68. The van der Waals surface area contributed by atoms with Gasteiger partial charge in [-0.05, 0) is 42.3 Å². The van der Waals surface area contributed by atoms with Crippen molar-refractivity contribution in [3.05, 3.63) is 78.6 Å². The summed E-state index contributed by atoms with van der Waals surface area (Å²) in [5.74, 6) is -0.738. The van der Waals surface area contributed by atoms with Gasteiger partial charge in [0.05, 0.1) is 13.2 Å². The summed E-state index contributed by atoms with van der Waals surface area (Å²) in [6, 6.07) is 3.29. The third-order valence-corrected chi connectivity index (χ3v) is 4.45. The van der Waals surface area contributed by atoms with E-state index in [-0.39, 0.29) is 17.4 Å². The first-order valence-corrected chi connectivity index (χ1v) is 10.3. The predicted molar refractivity (Wildman–Crippen MR) is 121 cm³/mol. The minimum Gasteiger partial charge on any atom is -0.508 e. The number of allylic oxidation sites excluding steroid dienone is 3. The summed E-state index contributed by atoms with van der Waals surface area (Å²) in [4.78, 5) is 15.7. The molecular weight excluding hydrogens is 402 g/mol. The van der Waals surface area contributed by atoms with Crippen LogP contribution in [0.5, 0.6) is 0 Å². The van der Waals surface area contributed by atoms with Crippen LogP contribution in [0.25, 0.3) is 5.57 Å². The lowest BCUT2D eigenvalue weighted by Gasteiger charge is -2.31. The van der Waals surface area contributed by atoms with E-state index in [0.717, 1.165) is 12.1 Å². The topological polar surface area (TPSA) is 53.0 Å². The number of ether oxygens (including phenoxy) is 1. The normalized spacial score (nSPS) is 15.7. The second-order valence-corrected chi connectivity index (χ2v) is 6.47. The van der Waals surface area contributed by atoms with Crippen LogP contribution in [0.2, 0.25) is 0 Å². The highest BCUT2D eigenvalue weighted by atomic mass is 19.1. The van der Waals surface area contributed by atoms with Crippen LogP contribution < -0.4 is 0 Å². The van der Waals surface area contributed by atoms with Crippen molar-refractivity contribution in [2.45, 2.75) is 20.3 Å². The maximum Gasteiger partial charge on any atom is 0.320 e. The van der Waals surface area contributed by atoms with Crippen LogP contribution in [0.1, 0.15) is 25.8 Å². The largest absolute Gasteiger partial charge is 0.508 e. The molecule has 1 N–H and O–H groups in total. The zero-order valence-corrected chi connectivity index (χ0v) is 18.3. The number of nitrogens with zero attached hydrogens (tertiary/aromatic N) is 2. The number of rotatable bonds is 4. The lowest BCUT2D eigenvalue weighted by atomic mass is 10.1. The van der Waals surface area contributed by atoms with Crippen LogP contribution in [0.4, 0.5) is 13.6 Å². The van der Waals surface area contributed by atoms with Crippen molar-refractivity contribution in [1.82, 2.24) is 9.80 Å². The molecule has 0 atom stereocenters. The fourth-order valence-electron chi connectivity index (χ4n) is 2.88. The summed E-state index contributed by atoms with van der Waals surface area (Å²) >= 11 is 0. The zero-order valence-electron chi connectivity index (χ0n) is 18.3. The summed E-state index contributed by atoms with van der Waals surface area (Å²) in [6.45, 7) is 13.8. The molecule has 2 heterocycles. The Kier molecular flexibility index (Phi) is 11.9. The highest BCUT2D eigenvalue weighted by Gasteiger charge is 2.27. The van der Waals surface area contributed by atoms with Crippen molar-refractivity contribution >= 4 is 11.6 Å². The smallest absolute Gasteiger partial charge is 0.320 e. The molecule has 0 aliphatic carbocycles. The molecule has 1 saturated heterocycles. The Balaban J connectivity index is 0.000000409. The predicted octanol–water partition coefficient (Wildman–Crippen LogP) is 5.33. The molecule has 2 aliphatic rings. The van der Waals surface area contributed by atoms with Gasteiger partial charge < -0.3 is 19.6 Å². The molecule has 0 saturated carbocycles. The zero-order chi connectivity index (χ0) is 23.2. The Morgan fingerprint density at radius 2 is 1.87 bits per heavy atom. The monoisotopic (exact) mass is 434 g/mol. The average Bonchev–Trinajstić information content (AvgIpc) is 3.31. The Morgan fingerprint density at radius 3 is 2.48 bits per heavy atom. The molecule has 1 aromatic rings. The van der Waals surface area contributed by atoms with Crippen molar-refractivity contribution in [1.29, 1.82) is 0 Å². The number of carbonyl (C=O) groups is 1. The number of morpholine rings is 1. The summed E-state index contributed by atoms with van der Waals surface area (Å²) in [5.41, 5.74) is 0.876. The molecule has 31 heavy (non-hydrogen) atoms. The fraction of sp³-hybridized carbons (Fsp3) is 0.375. The van der Waals surface area contributed by atoms with Gasteiger partial charge in [0.25, 0.3) is 0 Å². The van der Waals surface area contributed by atoms with Gasteiger partial charge in [-0.15, -0.1) is 6.58 Å². The standard InChI is InChI=1S/C15H16F2N2O2.C7H10O.C2H6/c16-12-1-2-14(17)13(9-12)11-3-4-19(10-11)15(20)18-5-7-21-8-6-18;1-3-5-6-7(8)4-2;1-2/h1-3,9H,4-8,10H2;3-4,6,8H,1-2,5H2;1-2H3. The van der Waals surface area contributed by atoms with Gasteiger partial charge >= 0.3 is 6.03 Å². The van der Waals surface area contributed by atoms with E-state index in [2.05, 4.69) is 13.2 Å². The van der Waals surface area contributed by atoms with Gasteiger partial charge in [-0.25, -0.2) is 13.6 Å². The minimum atomic E-state index is -0.481. The molecule has 1 aromatic carbocycles. The number of halogens is 2. The van der Waals surface area contributed by atoms with Crippen molar-refractivity contribution in [3.8, 4) is 0 Å². The number of urea groups is 1. The van der Waals surface area contributed by atoms with Gasteiger partial charge in [-0.3, -0.25) is 0 Å². The Labute approximate surface area is 183 Å². The van der Waals surface area contributed by atoms with Crippen LogP contribution in [-0.2, 0) is 4.74 Å². The van der Waals surface area contributed by atoms with Gasteiger partial charge in [-0.1, -0.05) is 32.6 Å². The SMILES string of the molecule is C=CCC=C(O)C=C.CC.O=C(N1CCOCC1)N1CC=C(c2cc(F)ccc2F)C1. The van der Waals surface area contributed by atoms with Crippen molar-refractivity contribution < 1.29 is 23.4 Å². The van der Waals surface area contributed by atoms with Crippen LogP contribution in [0.15, 0.2) is 61.4 Å². The highest BCUT2D eigenvalue weighted by Crippen LogP contribution is 2.25. The Morgan fingerprint density at radius 1 is 1.19 bits per heavy atom. The molecule has 3 rings (SSSR count). The number of hydrogen-bond donors (Lipinski definition) is 1. The minimum absolute atomic E-state index is 0.0821. The van der Waals surface area contributed by atoms with E-state index >= 15 is 0 Å². The third kappa shape index (κ3) is 8.38. The quantitative estimate of drug-likeness (QED) is 0.396. The molecular formula is C24H32F2N2O3. The van der Waals surface area contributed by atoms with E-state index in [4.69, 9.17) is 9.84 Å². The molecule has 0 spiro atoms. The number of carbonyl (C=O) groups excluding carboxylic acids is 1. The molecule has 0 bridgehead atoms. The molecule has 1 fully saturated rings. The number of benzene rings is 1. The second kappa shape index (κ2) is 14.1. The number of hydrogen-bond acceptors (Lipinski definition) is 3. The van der Waals surface area contributed by atoms with Gasteiger partial charge in [-0.2, -0.15) is 0 Å². The number of aliphatic hydroxyl groups excluding tert-OH is 1. The first-order chi connectivity index (χ1) is 15.0. The van der Waals surface area contributed by atoms with E-state index in [0.29, 0.717) is 51.4 Å². The summed E-state index contributed by atoms with van der Waals surface area (Å²) < 4.78 is 32.2. The third-order valence-electron chi connectivity index (χ3n) is 4.45. The Bertz CT molecular complexity index is 800. The molecule has 0 radical (unpaired) electrons. The Hall–Kier alpha value is -2.93.